The van der Waals surface area contributed by atoms with Crippen LogP contribution < -0.4 is 10.2 Å². The average Bonchev–Trinajstić information content (AvgIpc) is 2.53. The van der Waals surface area contributed by atoms with Gasteiger partial charge in [0.05, 0.1) is 7.11 Å². The van der Waals surface area contributed by atoms with Gasteiger partial charge in [-0.2, -0.15) is 0 Å². The highest BCUT2D eigenvalue weighted by molar-refractivity contribution is 5.86. The van der Waals surface area contributed by atoms with Gasteiger partial charge in [0.15, 0.2) is 11.5 Å². The summed E-state index contributed by atoms with van der Waals surface area (Å²) in [5, 5.41) is 11.2. The third kappa shape index (κ3) is 3.66. The van der Waals surface area contributed by atoms with Crippen LogP contribution in [-0.2, 0) is 4.74 Å². The summed E-state index contributed by atoms with van der Waals surface area (Å²) in [6.07, 6.45) is 3.60. The molecule has 0 bridgehead atoms. The number of hydrogen-bond donors (Lipinski definition) is 1. The minimum absolute atomic E-state index is 0.250. The van der Waals surface area contributed by atoms with Crippen LogP contribution in [0.2, 0.25) is 0 Å². The van der Waals surface area contributed by atoms with Crippen LogP contribution in [0.1, 0.15) is 29.8 Å². The van der Waals surface area contributed by atoms with E-state index < -0.39 is 5.97 Å². The molecular weight excluding hydrogens is 256 g/mol. The Morgan fingerprint density at radius 1 is 1.40 bits per heavy atom. The zero-order valence-electron chi connectivity index (χ0n) is 12.1. The molecule has 1 aliphatic heterocycles. The largest absolute Gasteiger partial charge is 0.464 e. The quantitative estimate of drug-likeness (QED) is 0.813. The summed E-state index contributed by atoms with van der Waals surface area (Å²) in [6.45, 7) is 3.08. The Morgan fingerprint density at radius 3 is 2.70 bits per heavy atom. The smallest absolute Gasteiger partial charge is 0.358 e. The Hall–Kier alpha value is -1.69. The van der Waals surface area contributed by atoms with Crippen LogP contribution in [0.15, 0.2) is 12.1 Å². The Kier molecular flexibility index (Phi) is 5.29. The maximum Gasteiger partial charge on any atom is 0.358 e. The van der Waals surface area contributed by atoms with Crippen molar-refractivity contribution in [2.75, 3.05) is 38.7 Å². The maximum atomic E-state index is 11.3. The molecule has 6 nitrogen and oxygen atoms in total. The van der Waals surface area contributed by atoms with Crippen molar-refractivity contribution in [3.05, 3.63) is 17.8 Å². The van der Waals surface area contributed by atoms with Crippen LogP contribution >= 0.6 is 0 Å². The lowest BCUT2D eigenvalue weighted by Gasteiger charge is -2.32. The zero-order chi connectivity index (χ0) is 14.4. The maximum absolute atomic E-state index is 11.3. The fourth-order valence-electron chi connectivity index (χ4n) is 2.51. The van der Waals surface area contributed by atoms with Crippen LogP contribution in [0, 0.1) is 5.92 Å². The SMILES string of the molecule is CNCCC1CCN(c2ccc(C(=O)OC)nn2)CC1. The summed E-state index contributed by atoms with van der Waals surface area (Å²) < 4.78 is 4.61. The highest BCUT2D eigenvalue weighted by Gasteiger charge is 2.20. The number of nitrogens with one attached hydrogen (secondary N) is 1. The van der Waals surface area contributed by atoms with Gasteiger partial charge in [-0.05, 0) is 50.9 Å². The first kappa shape index (κ1) is 14.7. The predicted molar refractivity (Wildman–Crippen MR) is 76.9 cm³/mol. The summed E-state index contributed by atoms with van der Waals surface area (Å²) in [5.41, 5.74) is 0.250. The van der Waals surface area contributed by atoms with Crippen molar-refractivity contribution in [2.24, 2.45) is 5.92 Å². The number of ether oxygens (including phenoxy) is 1. The topological polar surface area (TPSA) is 67.4 Å². The minimum Gasteiger partial charge on any atom is -0.464 e. The Balaban J connectivity index is 1.89. The molecule has 1 aromatic heterocycles. The number of anilines is 1. The number of carbonyl (C=O) groups is 1. The Bertz CT molecular complexity index is 427. The molecule has 2 rings (SSSR count). The van der Waals surface area contributed by atoms with Gasteiger partial charge in [0, 0.05) is 13.1 Å². The second kappa shape index (κ2) is 7.19. The van der Waals surface area contributed by atoms with E-state index in [-0.39, 0.29) is 5.69 Å². The van der Waals surface area contributed by atoms with Gasteiger partial charge >= 0.3 is 5.97 Å². The Labute approximate surface area is 119 Å². The fourth-order valence-corrected chi connectivity index (χ4v) is 2.51. The van der Waals surface area contributed by atoms with Gasteiger partial charge in [-0.25, -0.2) is 4.79 Å². The molecule has 0 spiro atoms. The van der Waals surface area contributed by atoms with Crippen LogP contribution in [0.4, 0.5) is 5.82 Å². The molecule has 1 fully saturated rings. The van der Waals surface area contributed by atoms with E-state index in [1.54, 1.807) is 6.07 Å². The molecule has 20 heavy (non-hydrogen) atoms. The van der Waals surface area contributed by atoms with Crippen molar-refractivity contribution >= 4 is 11.8 Å². The Morgan fingerprint density at radius 2 is 2.15 bits per heavy atom. The first-order valence-corrected chi connectivity index (χ1v) is 7.06. The number of methoxy groups -OCH3 is 1. The molecule has 1 saturated heterocycles. The van der Waals surface area contributed by atoms with E-state index in [4.69, 9.17) is 0 Å². The number of piperidine rings is 1. The normalized spacial score (nSPS) is 16.2. The van der Waals surface area contributed by atoms with E-state index in [1.807, 2.05) is 13.1 Å². The molecule has 0 amide bonds. The highest BCUT2D eigenvalue weighted by Crippen LogP contribution is 2.23. The van der Waals surface area contributed by atoms with Crippen LogP contribution in [0.5, 0.6) is 0 Å². The fraction of sp³-hybridized carbons (Fsp3) is 0.643. The number of aromatic nitrogens is 2. The number of nitrogens with zero attached hydrogens (tertiary/aromatic N) is 3. The van der Waals surface area contributed by atoms with Crippen LogP contribution in [0.25, 0.3) is 0 Å². The summed E-state index contributed by atoms with van der Waals surface area (Å²) in [4.78, 5) is 13.5. The molecular formula is C14H22N4O2. The van der Waals surface area contributed by atoms with Crippen molar-refractivity contribution < 1.29 is 9.53 Å². The molecule has 2 heterocycles. The first-order chi connectivity index (χ1) is 9.74. The number of hydrogen-bond acceptors (Lipinski definition) is 6. The van der Waals surface area contributed by atoms with Crippen LogP contribution in [0.3, 0.4) is 0 Å². The van der Waals surface area contributed by atoms with Crippen molar-refractivity contribution in [1.29, 1.82) is 0 Å². The van der Waals surface area contributed by atoms with Gasteiger partial charge in [0.1, 0.15) is 0 Å². The summed E-state index contributed by atoms with van der Waals surface area (Å²) in [7, 11) is 3.33. The van der Waals surface area contributed by atoms with E-state index in [2.05, 4.69) is 25.2 Å². The monoisotopic (exact) mass is 278 g/mol. The molecule has 6 heteroatoms. The van der Waals surface area contributed by atoms with Crippen molar-refractivity contribution in [2.45, 2.75) is 19.3 Å². The lowest BCUT2D eigenvalue weighted by molar-refractivity contribution is 0.0592. The van der Waals surface area contributed by atoms with E-state index in [9.17, 15) is 4.79 Å². The molecule has 1 N–H and O–H groups in total. The van der Waals surface area contributed by atoms with Gasteiger partial charge in [-0.15, -0.1) is 10.2 Å². The predicted octanol–water partition coefficient (Wildman–Crippen LogP) is 1.09. The zero-order valence-corrected chi connectivity index (χ0v) is 12.1. The third-order valence-corrected chi connectivity index (χ3v) is 3.79. The van der Waals surface area contributed by atoms with Gasteiger partial charge in [-0.1, -0.05) is 0 Å². The molecule has 110 valence electrons. The molecule has 0 saturated carbocycles. The van der Waals surface area contributed by atoms with Gasteiger partial charge in [-0.3, -0.25) is 0 Å². The standard InChI is InChI=1S/C14H22N4O2/c1-15-8-5-11-6-9-18(10-7-11)13-4-3-12(16-17-13)14(19)20-2/h3-4,11,15H,5-10H2,1-2H3. The number of rotatable bonds is 5. The summed E-state index contributed by atoms with van der Waals surface area (Å²) >= 11 is 0. The third-order valence-electron chi connectivity index (χ3n) is 3.79. The highest BCUT2D eigenvalue weighted by atomic mass is 16.5. The van der Waals surface area contributed by atoms with E-state index in [0.29, 0.717) is 0 Å². The lowest BCUT2D eigenvalue weighted by Crippen LogP contribution is -2.35. The number of carbonyl (C=O) groups excluding carboxylic acids is 1. The molecule has 0 radical (unpaired) electrons. The molecule has 0 aromatic carbocycles. The molecule has 0 aliphatic carbocycles. The van der Waals surface area contributed by atoms with Gasteiger partial charge in [0.2, 0.25) is 0 Å². The summed E-state index contributed by atoms with van der Waals surface area (Å²) in [6, 6.07) is 3.51. The van der Waals surface area contributed by atoms with E-state index >= 15 is 0 Å². The van der Waals surface area contributed by atoms with Crippen molar-refractivity contribution in [1.82, 2.24) is 15.5 Å². The lowest BCUT2D eigenvalue weighted by atomic mass is 9.93. The second-order valence-corrected chi connectivity index (χ2v) is 5.09. The van der Waals surface area contributed by atoms with Crippen molar-refractivity contribution in [3.8, 4) is 0 Å². The van der Waals surface area contributed by atoms with Crippen molar-refractivity contribution in [3.63, 3.8) is 0 Å². The molecule has 0 unspecified atom stereocenters. The van der Waals surface area contributed by atoms with Gasteiger partial charge < -0.3 is 15.0 Å². The molecule has 0 atom stereocenters. The van der Waals surface area contributed by atoms with Crippen LogP contribution in [-0.4, -0.2) is 50.0 Å². The number of esters is 1. The summed E-state index contributed by atoms with van der Waals surface area (Å²) in [5.74, 6) is 1.18. The van der Waals surface area contributed by atoms with E-state index in [0.717, 1.165) is 31.4 Å². The first-order valence-electron chi connectivity index (χ1n) is 7.06. The second-order valence-electron chi connectivity index (χ2n) is 5.09. The van der Waals surface area contributed by atoms with Gasteiger partial charge in [0.25, 0.3) is 0 Å². The molecule has 1 aromatic rings. The molecule has 1 aliphatic rings. The average molecular weight is 278 g/mol. The van der Waals surface area contributed by atoms with E-state index in [1.165, 1.54) is 26.4 Å². The minimum atomic E-state index is -0.449.